The molecule has 0 saturated carbocycles. The number of carbonyl (C=O) groups is 2. The smallest absolute Gasteiger partial charge is 0.240 e. The number of para-hydroxylation sites is 1. The molecule has 0 bridgehead atoms. The zero-order chi connectivity index (χ0) is 20.5. The van der Waals surface area contributed by atoms with Crippen molar-refractivity contribution in [2.75, 3.05) is 0 Å². The number of benzene rings is 2. The van der Waals surface area contributed by atoms with Crippen LogP contribution in [0.4, 0.5) is 0 Å². The van der Waals surface area contributed by atoms with Crippen LogP contribution in [0.15, 0.2) is 48.8 Å². The molecule has 1 N–H and O–H groups in total. The summed E-state index contributed by atoms with van der Waals surface area (Å²) in [4.78, 5) is 28.8. The molecule has 28 heavy (non-hydrogen) atoms. The fourth-order valence-electron chi connectivity index (χ4n) is 3.33. The van der Waals surface area contributed by atoms with Gasteiger partial charge in [-0.15, -0.1) is 0 Å². The third-order valence-corrected chi connectivity index (χ3v) is 4.99. The summed E-state index contributed by atoms with van der Waals surface area (Å²) in [6, 6.07) is 13.7. The lowest BCUT2D eigenvalue weighted by atomic mass is 9.86. The number of rotatable bonds is 5. The highest BCUT2D eigenvalue weighted by molar-refractivity contribution is 6.05. The molecule has 1 atom stereocenters. The lowest BCUT2D eigenvalue weighted by molar-refractivity contribution is -0.122. The largest absolute Gasteiger partial charge is 0.348 e. The highest BCUT2D eigenvalue weighted by Gasteiger charge is 2.17. The van der Waals surface area contributed by atoms with E-state index in [2.05, 4.69) is 55.3 Å². The molecule has 3 rings (SSSR count). The minimum atomic E-state index is -0.120. The topological polar surface area (TPSA) is 64.0 Å². The predicted octanol–water partition coefficient (Wildman–Crippen LogP) is 4.41. The second kappa shape index (κ2) is 7.58. The van der Waals surface area contributed by atoms with Gasteiger partial charge in [0.15, 0.2) is 5.78 Å². The number of amides is 1. The maximum absolute atomic E-state index is 12.6. The van der Waals surface area contributed by atoms with E-state index in [-0.39, 0.29) is 29.7 Å². The summed E-state index contributed by atoms with van der Waals surface area (Å²) in [5.41, 5.74) is 4.41. The van der Waals surface area contributed by atoms with Crippen LogP contribution in [0.2, 0.25) is 0 Å². The molecule has 0 aliphatic rings. The first-order chi connectivity index (χ1) is 13.2. The van der Waals surface area contributed by atoms with Gasteiger partial charge in [-0.25, -0.2) is 4.98 Å². The Balaban J connectivity index is 1.74. The molecule has 5 nitrogen and oxygen atoms in total. The Morgan fingerprint density at radius 1 is 1.11 bits per heavy atom. The Morgan fingerprint density at radius 2 is 1.79 bits per heavy atom. The maximum Gasteiger partial charge on any atom is 0.240 e. The zero-order valence-corrected chi connectivity index (χ0v) is 17.1. The molecule has 1 aromatic heterocycles. The summed E-state index contributed by atoms with van der Waals surface area (Å²) in [6.07, 6.45) is 1.61. The van der Waals surface area contributed by atoms with Gasteiger partial charge >= 0.3 is 0 Å². The summed E-state index contributed by atoms with van der Waals surface area (Å²) in [5, 5.41) is 3.03. The second-order valence-corrected chi connectivity index (χ2v) is 8.26. The van der Waals surface area contributed by atoms with Crippen molar-refractivity contribution in [2.45, 2.75) is 52.6 Å². The number of hydrogen-bond donors (Lipinski definition) is 1. The second-order valence-electron chi connectivity index (χ2n) is 8.26. The van der Waals surface area contributed by atoms with E-state index in [1.807, 2.05) is 13.0 Å². The van der Waals surface area contributed by atoms with E-state index < -0.39 is 0 Å². The molecule has 0 saturated heterocycles. The van der Waals surface area contributed by atoms with Crippen molar-refractivity contribution in [1.82, 2.24) is 14.9 Å². The Kier molecular flexibility index (Phi) is 5.36. The van der Waals surface area contributed by atoms with Crippen molar-refractivity contribution >= 4 is 22.7 Å². The molecule has 0 spiro atoms. The lowest BCUT2D eigenvalue weighted by Crippen LogP contribution is -2.30. The SMILES string of the molecule is CC(=O)c1cccc2ncn(CC(=O)N[C@@H](C)c3ccc(C(C)(C)C)cc3)c12. The Bertz CT molecular complexity index is 1010. The molecule has 1 amide bonds. The molecule has 0 radical (unpaired) electrons. The third kappa shape index (κ3) is 4.14. The normalized spacial score (nSPS) is 12.8. The van der Waals surface area contributed by atoms with Gasteiger partial charge in [-0.1, -0.05) is 51.1 Å². The third-order valence-electron chi connectivity index (χ3n) is 4.99. The summed E-state index contributed by atoms with van der Waals surface area (Å²) in [6.45, 7) is 10.1. The Hall–Kier alpha value is -2.95. The van der Waals surface area contributed by atoms with Gasteiger partial charge in [-0.3, -0.25) is 9.59 Å². The molecule has 146 valence electrons. The van der Waals surface area contributed by atoms with Gasteiger partial charge in [0.25, 0.3) is 0 Å². The summed E-state index contributed by atoms with van der Waals surface area (Å²) in [7, 11) is 0. The van der Waals surface area contributed by atoms with Crippen molar-refractivity contribution in [3.8, 4) is 0 Å². The zero-order valence-electron chi connectivity index (χ0n) is 17.1. The molecule has 0 unspecified atom stereocenters. The van der Waals surface area contributed by atoms with Crippen LogP contribution in [-0.2, 0) is 16.8 Å². The van der Waals surface area contributed by atoms with Crippen LogP contribution in [0.25, 0.3) is 11.0 Å². The van der Waals surface area contributed by atoms with E-state index in [4.69, 9.17) is 0 Å². The number of carbonyl (C=O) groups excluding carboxylic acids is 2. The summed E-state index contributed by atoms with van der Waals surface area (Å²) in [5.74, 6) is -0.162. The van der Waals surface area contributed by atoms with E-state index >= 15 is 0 Å². The van der Waals surface area contributed by atoms with E-state index in [1.54, 1.807) is 23.0 Å². The van der Waals surface area contributed by atoms with Gasteiger partial charge in [-0.05, 0) is 42.5 Å². The van der Waals surface area contributed by atoms with Crippen LogP contribution in [-0.4, -0.2) is 21.2 Å². The van der Waals surface area contributed by atoms with E-state index in [0.717, 1.165) is 5.56 Å². The van der Waals surface area contributed by atoms with Crippen LogP contribution in [0.5, 0.6) is 0 Å². The number of fused-ring (bicyclic) bond motifs is 1. The van der Waals surface area contributed by atoms with Gasteiger partial charge in [0.2, 0.25) is 5.91 Å². The molecule has 2 aromatic carbocycles. The van der Waals surface area contributed by atoms with Crippen LogP contribution in [0.1, 0.15) is 62.1 Å². The quantitative estimate of drug-likeness (QED) is 0.670. The Morgan fingerprint density at radius 3 is 2.39 bits per heavy atom. The Labute approximate surface area is 165 Å². The molecular weight excluding hydrogens is 350 g/mol. The first-order valence-electron chi connectivity index (χ1n) is 9.51. The van der Waals surface area contributed by atoms with E-state index in [0.29, 0.717) is 16.6 Å². The highest BCUT2D eigenvalue weighted by Crippen LogP contribution is 2.24. The lowest BCUT2D eigenvalue weighted by Gasteiger charge is -2.21. The minimum Gasteiger partial charge on any atom is -0.348 e. The van der Waals surface area contributed by atoms with Gasteiger partial charge in [-0.2, -0.15) is 0 Å². The first kappa shape index (κ1) is 19.8. The van der Waals surface area contributed by atoms with E-state index in [1.165, 1.54) is 12.5 Å². The molecule has 3 aromatic rings. The number of nitrogens with one attached hydrogen (secondary N) is 1. The number of imidazole rings is 1. The molecular formula is C23H27N3O2. The fraction of sp³-hybridized carbons (Fsp3) is 0.348. The minimum absolute atomic E-state index is 0.0416. The molecule has 0 aliphatic carbocycles. The van der Waals surface area contributed by atoms with Crippen LogP contribution < -0.4 is 5.32 Å². The van der Waals surface area contributed by atoms with Gasteiger partial charge in [0.05, 0.1) is 23.4 Å². The van der Waals surface area contributed by atoms with Crippen molar-refractivity contribution < 1.29 is 9.59 Å². The van der Waals surface area contributed by atoms with Gasteiger partial charge in [0.1, 0.15) is 6.54 Å². The van der Waals surface area contributed by atoms with Crippen LogP contribution in [0.3, 0.4) is 0 Å². The van der Waals surface area contributed by atoms with Crippen LogP contribution >= 0.6 is 0 Å². The highest BCUT2D eigenvalue weighted by atomic mass is 16.2. The molecule has 0 fully saturated rings. The number of hydrogen-bond acceptors (Lipinski definition) is 3. The average Bonchev–Trinajstić information content (AvgIpc) is 3.03. The van der Waals surface area contributed by atoms with Crippen molar-refractivity contribution in [1.29, 1.82) is 0 Å². The predicted molar refractivity (Wildman–Crippen MR) is 111 cm³/mol. The standard InChI is InChI=1S/C23H27N3O2/c1-15(17-9-11-18(12-10-17)23(3,4)5)25-21(28)13-26-14-24-20-8-6-7-19(16(2)27)22(20)26/h6-12,14-15H,13H2,1-5H3,(H,25,28)/t15-/m0/s1. The molecule has 0 aliphatic heterocycles. The molecule has 1 heterocycles. The summed E-state index contributed by atoms with van der Waals surface area (Å²) >= 11 is 0. The van der Waals surface area contributed by atoms with Crippen LogP contribution in [0, 0.1) is 0 Å². The van der Waals surface area contributed by atoms with Crippen molar-refractivity contribution in [3.63, 3.8) is 0 Å². The maximum atomic E-state index is 12.6. The number of Topliss-reactive ketones (excluding diaryl/α,β-unsaturated/α-hetero) is 1. The van der Waals surface area contributed by atoms with E-state index in [9.17, 15) is 9.59 Å². The van der Waals surface area contributed by atoms with Gasteiger partial charge < -0.3 is 9.88 Å². The number of nitrogens with zero attached hydrogens (tertiary/aromatic N) is 2. The average molecular weight is 377 g/mol. The summed E-state index contributed by atoms with van der Waals surface area (Å²) < 4.78 is 1.73. The fourth-order valence-corrected chi connectivity index (χ4v) is 3.33. The molecule has 5 heteroatoms. The monoisotopic (exact) mass is 377 g/mol. The number of ketones is 1. The van der Waals surface area contributed by atoms with Crippen molar-refractivity contribution in [3.05, 3.63) is 65.5 Å². The first-order valence-corrected chi connectivity index (χ1v) is 9.51. The number of aromatic nitrogens is 2. The van der Waals surface area contributed by atoms with Gasteiger partial charge in [0, 0.05) is 5.56 Å². The van der Waals surface area contributed by atoms with Crippen molar-refractivity contribution in [2.24, 2.45) is 0 Å².